The van der Waals surface area contributed by atoms with Crippen LogP contribution in [0.3, 0.4) is 0 Å². The minimum Gasteiger partial charge on any atom is -0.337 e. The van der Waals surface area contributed by atoms with Gasteiger partial charge in [-0.3, -0.25) is 9.36 Å². The highest BCUT2D eigenvalue weighted by molar-refractivity contribution is 8.08. The first-order chi connectivity index (χ1) is 16.9. The van der Waals surface area contributed by atoms with Gasteiger partial charge in [-0.05, 0) is 43.2 Å². The SMILES string of the molecule is CCc1ccc2c(c1)S/C(=c1/s/c(=C\c3scc[n+]3Cc3c(Cl)cccc3Cl)n(CC)c1=O)N2C. The Morgan fingerprint density at radius 2 is 1.89 bits per heavy atom. The number of hydrogen-bond donors (Lipinski definition) is 0. The summed E-state index contributed by atoms with van der Waals surface area (Å²) < 4.78 is 5.68. The molecule has 1 aliphatic rings. The molecule has 0 atom stereocenters. The van der Waals surface area contributed by atoms with E-state index >= 15 is 0 Å². The van der Waals surface area contributed by atoms with Gasteiger partial charge in [0.15, 0.2) is 12.7 Å². The lowest BCUT2D eigenvalue weighted by Crippen LogP contribution is -2.36. The molecule has 180 valence electrons. The fraction of sp³-hybridized carbons (Fsp3) is 0.231. The molecule has 3 heterocycles. The predicted molar refractivity (Wildman–Crippen MR) is 151 cm³/mol. The third-order valence-electron chi connectivity index (χ3n) is 6.08. The summed E-state index contributed by atoms with van der Waals surface area (Å²) >= 11 is 17.7. The zero-order chi connectivity index (χ0) is 24.7. The summed E-state index contributed by atoms with van der Waals surface area (Å²) in [6.45, 7) is 5.35. The summed E-state index contributed by atoms with van der Waals surface area (Å²) in [5.41, 5.74) is 3.39. The van der Waals surface area contributed by atoms with Crippen molar-refractivity contribution in [3.05, 3.63) is 93.7 Å². The van der Waals surface area contributed by atoms with E-state index in [4.69, 9.17) is 23.2 Å². The van der Waals surface area contributed by atoms with Crippen LogP contribution in [0.4, 0.5) is 5.69 Å². The fourth-order valence-electron chi connectivity index (χ4n) is 4.11. The summed E-state index contributed by atoms with van der Waals surface area (Å²) in [7, 11) is 2.04. The van der Waals surface area contributed by atoms with Crippen LogP contribution in [0.5, 0.6) is 0 Å². The van der Waals surface area contributed by atoms with E-state index in [0.29, 0.717) is 23.1 Å². The molecule has 0 amide bonds. The van der Waals surface area contributed by atoms with Gasteiger partial charge in [0.1, 0.15) is 14.2 Å². The number of aromatic nitrogens is 2. The second-order valence-corrected chi connectivity index (χ2v) is 12.0. The lowest BCUT2D eigenvalue weighted by atomic mass is 10.1. The van der Waals surface area contributed by atoms with Gasteiger partial charge >= 0.3 is 0 Å². The Morgan fingerprint density at radius 1 is 1.11 bits per heavy atom. The summed E-state index contributed by atoms with van der Waals surface area (Å²) in [6, 6.07) is 12.1. The van der Waals surface area contributed by atoms with Crippen molar-refractivity contribution in [3.63, 3.8) is 0 Å². The van der Waals surface area contributed by atoms with Gasteiger partial charge in [-0.15, -0.1) is 11.3 Å². The molecule has 35 heavy (non-hydrogen) atoms. The predicted octanol–water partition coefficient (Wildman–Crippen LogP) is 5.33. The van der Waals surface area contributed by atoms with Crippen LogP contribution in [0.1, 0.15) is 30.0 Å². The largest absolute Gasteiger partial charge is 0.337 e. The number of rotatable bonds is 5. The van der Waals surface area contributed by atoms with Crippen LogP contribution in [0.15, 0.2) is 57.7 Å². The van der Waals surface area contributed by atoms with Gasteiger partial charge in [-0.25, -0.2) is 0 Å². The van der Waals surface area contributed by atoms with E-state index < -0.39 is 0 Å². The van der Waals surface area contributed by atoms with E-state index in [-0.39, 0.29) is 5.56 Å². The third kappa shape index (κ3) is 4.60. The van der Waals surface area contributed by atoms with Crippen molar-refractivity contribution in [3.8, 4) is 0 Å². The molecule has 2 aromatic carbocycles. The quantitative estimate of drug-likeness (QED) is 0.309. The minimum absolute atomic E-state index is 0.0545. The van der Waals surface area contributed by atoms with Crippen LogP contribution >= 0.6 is 57.6 Å². The molecule has 4 aromatic rings. The smallest absolute Gasteiger partial charge is 0.271 e. The van der Waals surface area contributed by atoms with Crippen molar-refractivity contribution in [2.45, 2.75) is 38.3 Å². The monoisotopic (exact) mass is 560 g/mol. The van der Waals surface area contributed by atoms with Crippen molar-refractivity contribution in [2.24, 2.45) is 0 Å². The van der Waals surface area contributed by atoms with Gasteiger partial charge in [0, 0.05) is 18.5 Å². The Morgan fingerprint density at radius 3 is 2.60 bits per heavy atom. The lowest BCUT2D eigenvalue weighted by Gasteiger charge is -2.12. The normalized spacial score (nSPS) is 15.2. The van der Waals surface area contributed by atoms with Gasteiger partial charge in [-0.1, -0.05) is 65.4 Å². The lowest BCUT2D eigenvalue weighted by molar-refractivity contribution is -0.685. The number of halogens is 2. The first kappa shape index (κ1) is 24.7. The van der Waals surface area contributed by atoms with Gasteiger partial charge in [0.2, 0.25) is 0 Å². The zero-order valence-corrected chi connectivity index (χ0v) is 23.5. The maximum atomic E-state index is 13.5. The van der Waals surface area contributed by atoms with Crippen molar-refractivity contribution in [1.82, 2.24) is 4.57 Å². The molecule has 0 spiro atoms. The number of aryl methyl sites for hydroxylation is 1. The van der Waals surface area contributed by atoms with Gasteiger partial charge in [-0.2, -0.15) is 4.57 Å². The van der Waals surface area contributed by atoms with E-state index in [1.807, 2.05) is 48.3 Å². The highest BCUT2D eigenvalue weighted by Gasteiger charge is 2.25. The summed E-state index contributed by atoms with van der Waals surface area (Å²) in [4.78, 5) is 16.8. The Kier molecular flexibility index (Phi) is 7.15. The molecule has 0 bridgehead atoms. The second kappa shape index (κ2) is 10.1. The van der Waals surface area contributed by atoms with Gasteiger partial charge < -0.3 is 4.90 Å². The number of fused-ring (bicyclic) bond motifs is 1. The molecule has 5 rings (SSSR count). The highest BCUT2D eigenvalue weighted by atomic mass is 35.5. The molecule has 0 saturated heterocycles. The van der Waals surface area contributed by atoms with Crippen LogP contribution < -0.4 is 24.2 Å². The molecular formula is C26H24Cl2N3OS3+. The average molecular weight is 562 g/mol. The van der Waals surface area contributed by atoms with Gasteiger partial charge in [0.05, 0.1) is 32.8 Å². The van der Waals surface area contributed by atoms with Crippen molar-refractivity contribution < 1.29 is 4.57 Å². The van der Waals surface area contributed by atoms with E-state index in [1.54, 1.807) is 34.4 Å². The fourth-order valence-corrected chi connectivity index (χ4v) is 8.00. The van der Waals surface area contributed by atoms with Crippen LogP contribution in [0, 0.1) is 0 Å². The molecule has 4 nitrogen and oxygen atoms in total. The van der Waals surface area contributed by atoms with E-state index in [9.17, 15) is 4.79 Å². The van der Waals surface area contributed by atoms with Crippen molar-refractivity contribution >= 4 is 74.4 Å². The minimum atomic E-state index is 0.0545. The van der Waals surface area contributed by atoms with Crippen LogP contribution in [0.25, 0.3) is 11.1 Å². The number of anilines is 1. The molecule has 0 radical (unpaired) electrons. The first-order valence-corrected chi connectivity index (χ1v) is 14.6. The molecule has 9 heteroatoms. The summed E-state index contributed by atoms with van der Waals surface area (Å²) in [5, 5.41) is 5.36. The standard InChI is InChI=1S/C26H24Cl2N3OS3/c1-4-16-9-10-20-21(13-16)34-26(29(20)3)24-25(32)31(5-2)23(35-24)14-22-30(11-12-33-22)15-17-18(27)7-6-8-19(17)28/h6-14H,4-5,15H2,1-3H3/q+1/b26-24+. The van der Waals surface area contributed by atoms with Gasteiger partial charge in [0.25, 0.3) is 10.6 Å². The molecule has 0 fully saturated rings. The maximum absolute atomic E-state index is 13.5. The zero-order valence-electron chi connectivity index (χ0n) is 19.5. The number of hydrogen-bond acceptors (Lipinski definition) is 5. The second-order valence-electron chi connectivity index (χ2n) is 8.15. The first-order valence-electron chi connectivity index (χ1n) is 11.3. The Bertz CT molecular complexity index is 1580. The van der Waals surface area contributed by atoms with E-state index in [2.05, 4.69) is 40.7 Å². The van der Waals surface area contributed by atoms with E-state index in [1.165, 1.54) is 10.5 Å². The molecule has 2 aromatic heterocycles. The Labute approximate surface area is 226 Å². The maximum Gasteiger partial charge on any atom is 0.271 e. The average Bonchev–Trinajstić information content (AvgIpc) is 3.52. The number of thioether (sulfide) groups is 1. The third-order valence-corrected chi connectivity index (χ3v) is 10.1. The van der Waals surface area contributed by atoms with Crippen LogP contribution in [-0.4, -0.2) is 11.6 Å². The van der Waals surface area contributed by atoms with Crippen molar-refractivity contribution in [1.29, 1.82) is 0 Å². The summed E-state index contributed by atoms with van der Waals surface area (Å²) in [5.74, 6) is 0. The number of nitrogens with zero attached hydrogens (tertiary/aromatic N) is 3. The Hall–Kier alpha value is -2.03. The number of benzene rings is 2. The number of thiazole rings is 2. The molecule has 1 aliphatic heterocycles. The Balaban J connectivity index is 1.60. The summed E-state index contributed by atoms with van der Waals surface area (Å²) in [6.07, 6.45) is 5.11. The molecule has 0 N–H and O–H groups in total. The van der Waals surface area contributed by atoms with Crippen molar-refractivity contribution in [2.75, 3.05) is 11.9 Å². The molecule has 0 aliphatic carbocycles. The van der Waals surface area contributed by atoms with Crippen LogP contribution in [-0.2, 0) is 19.5 Å². The molecule has 0 unspecified atom stereocenters. The molecule has 0 saturated carbocycles. The van der Waals surface area contributed by atoms with Crippen LogP contribution in [0.2, 0.25) is 10.0 Å². The molecular weight excluding hydrogens is 537 g/mol. The topological polar surface area (TPSA) is 29.1 Å². The highest BCUT2D eigenvalue weighted by Crippen LogP contribution is 2.45. The van der Waals surface area contributed by atoms with E-state index in [0.717, 1.165) is 36.9 Å².